The lowest BCUT2D eigenvalue weighted by Gasteiger charge is -2.39. The maximum Gasteiger partial charge on any atom is 0.173 e. The molecule has 2 heterocycles. The van der Waals surface area contributed by atoms with Crippen LogP contribution in [-0.4, -0.2) is 85.4 Å². The lowest BCUT2D eigenvalue weighted by atomic mass is 10.0. The number of hydrogen-bond donors (Lipinski definition) is 1. The second-order valence-corrected chi connectivity index (χ2v) is 8.24. The molecule has 6 heteroatoms. The number of thiocarbonyl (C=S) groups is 1. The second-order valence-electron chi connectivity index (χ2n) is 7.85. The van der Waals surface area contributed by atoms with E-state index >= 15 is 0 Å². The van der Waals surface area contributed by atoms with Crippen LogP contribution in [-0.2, 0) is 4.74 Å². The maximum atomic E-state index is 5.70. The van der Waals surface area contributed by atoms with E-state index < -0.39 is 0 Å². The molecule has 0 amide bonds. The molecule has 0 spiro atoms. The zero-order chi connectivity index (χ0) is 19.2. The molecule has 27 heavy (non-hydrogen) atoms. The monoisotopic (exact) mass is 390 g/mol. The SMILES string of the molecule is Cc1cccc(C)c1NC(=S)N1CCC(N(C)CCN2CCOCC2)CC1. The fourth-order valence-corrected chi connectivity index (χ4v) is 4.30. The minimum atomic E-state index is 0.658. The average molecular weight is 391 g/mol. The van der Waals surface area contributed by atoms with Gasteiger partial charge in [0, 0.05) is 51.0 Å². The van der Waals surface area contributed by atoms with Gasteiger partial charge >= 0.3 is 0 Å². The molecule has 2 aliphatic rings. The van der Waals surface area contributed by atoms with Crippen LogP contribution >= 0.6 is 12.2 Å². The van der Waals surface area contributed by atoms with Crippen molar-refractivity contribution in [3.05, 3.63) is 29.3 Å². The summed E-state index contributed by atoms with van der Waals surface area (Å²) in [5.74, 6) is 0. The number of aryl methyl sites for hydroxylation is 2. The van der Waals surface area contributed by atoms with Gasteiger partial charge in [-0.25, -0.2) is 0 Å². The molecule has 150 valence electrons. The van der Waals surface area contributed by atoms with Crippen LogP contribution in [0.3, 0.4) is 0 Å². The van der Waals surface area contributed by atoms with E-state index in [1.165, 1.54) is 24.0 Å². The van der Waals surface area contributed by atoms with Crippen molar-refractivity contribution in [1.29, 1.82) is 0 Å². The number of hydrogen-bond acceptors (Lipinski definition) is 4. The van der Waals surface area contributed by atoms with E-state index in [-0.39, 0.29) is 0 Å². The Balaban J connectivity index is 1.43. The summed E-state index contributed by atoms with van der Waals surface area (Å²) in [6.07, 6.45) is 2.35. The molecule has 0 atom stereocenters. The fraction of sp³-hybridized carbons (Fsp3) is 0.667. The Hall–Kier alpha value is -1.21. The molecule has 1 aromatic rings. The van der Waals surface area contributed by atoms with Crippen molar-refractivity contribution in [3.63, 3.8) is 0 Å². The summed E-state index contributed by atoms with van der Waals surface area (Å²) in [5.41, 5.74) is 3.65. The lowest BCUT2D eigenvalue weighted by Crippen LogP contribution is -2.48. The topological polar surface area (TPSA) is 31.0 Å². The average Bonchev–Trinajstić information content (AvgIpc) is 2.70. The standard InChI is InChI=1S/C21H34N4OS/c1-17-5-4-6-18(2)20(17)22-21(27)25-9-7-19(8-10-25)23(3)11-12-24-13-15-26-16-14-24/h4-6,19H,7-16H2,1-3H3,(H,22,27). The van der Waals surface area contributed by atoms with Crippen LogP contribution in [0.25, 0.3) is 0 Å². The van der Waals surface area contributed by atoms with Gasteiger partial charge in [-0.2, -0.15) is 0 Å². The molecule has 0 radical (unpaired) electrons. The zero-order valence-electron chi connectivity index (χ0n) is 17.0. The molecule has 0 aliphatic carbocycles. The number of anilines is 1. The van der Waals surface area contributed by atoms with Crippen molar-refractivity contribution in [1.82, 2.24) is 14.7 Å². The number of benzene rings is 1. The van der Waals surface area contributed by atoms with Crippen molar-refractivity contribution < 1.29 is 4.74 Å². The predicted molar refractivity (Wildman–Crippen MR) is 117 cm³/mol. The van der Waals surface area contributed by atoms with E-state index in [0.29, 0.717) is 6.04 Å². The van der Waals surface area contributed by atoms with Gasteiger partial charge in [0.15, 0.2) is 5.11 Å². The molecular weight excluding hydrogens is 356 g/mol. The molecule has 2 saturated heterocycles. The van der Waals surface area contributed by atoms with Crippen LogP contribution in [0.1, 0.15) is 24.0 Å². The zero-order valence-corrected chi connectivity index (χ0v) is 17.9. The second kappa shape index (κ2) is 9.82. The fourth-order valence-electron chi connectivity index (χ4n) is 4.01. The molecule has 0 saturated carbocycles. The highest BCUT2D eigenvalue weighted by molar-refractivity contribution is 7.80. The van der Waals surface area contributed by atoms with E-state index in [9.17, 15) is 0 Å². The summed E-state index contributed by atoms with van der Waals surface area (Å²) in [6.45, 7) is 12.5. The first-order chi connectivity index (χ1) is 13.0. The van der Waals surface area contributed by atoms with Crippen molar-refractivity contribution in [2.24, 2.45) is 0 Å². The molecule has 0 aromatic heterocycles. The number of piperidine rings is 1. The third-order valence-electron chi connectivity index (χ3n) is 5.96. The molecule has 2 aliphatic heterocycles. The Labute approximate surface area is 169 Å². The van der Waals surface area contributed by atoms with Gasteiger partial charge in [0.2, 0.25) is 0 Å². The number of likely N-dealkylation sites (N-methyl/N-ethyl adjacent to an activating group) is 1. The van der Waals surface area contributed by atoms with Gasteiger partial charge in [-0.3, -0.25) is 4.90 Å². The van der Waals surface area contributed by atoms with Gasteiger partial charge in [-0.15, -0.1) is 0 Å². The largest absolute Gasteiger partial charge is 0.379 e. The number of rotatable bonds is 5. The summed E-state index contributed by atoms with van der Waals surface area (Å²) in [7, 11) is 2.27. The van der Waals surface area contributed by atoms with Gasteiger partial charge in [0.1, 0.15) is 0 Å². The van der Waals surface area contributed by atoms with Gasteiger partial charge in [0.25, 0.3) is 0 Å². The Kier molecular flexibility index (Phi) is 7.47. The van der Waals surface area contributed by atoms with E-state index in [1.807, 2.05) is 0 Å². The van der Waals surface area contributed by atoms with Crippen molar-refractivity contribution in [2.75, 3.05) is 64.8 Å². The van der Waals surface area contributed by atoms with Crippen LogP contribution in [0.5, 0.6) is 0 Å². The van der Waals surface area contributed by atoms with Crippen LogP contribution < -0.4 is 5.32 Å². The molecule has 0 bridgehead atoms. The summed E-state index contributed by atoms with van der Waals surface area (Å²) < 4.78 is 5.44. The van der Waals surface area contributed by atoms with E-state index in [4.69, 9.17) is 17.0 Å². The minimum Gasteiger partial charge on any atom is -0.379 e. The van der Waals surface area contributed by atoms with Crippen molar-refractivity contribution in [3.8, 4) is 0 Å². The number of likely N-dealkylation sites (tertiary alicyclic amines) is 1. The molecule has 1 aromatic carbocycles. The van der Waals surface area contributed by atoms with Gasteiger partial charge in [0.05, 0.1) is 13.2 Å². The highest BCUT2D eigenvalue weighted by Gasteiger charge is 2.24. The van der Waals surface area contributed by atoms with Crippen LogP contribution in [0.4, 0.5) is 5.69 Å². The Morgan fingerprint density at radius 2 is 1.78 bits per heavy atom. The van der Waals surface area contributed by atoms with Crippen LogP contribution in [0, 0.1) is 13.8 Å². The summed E-state index contributed by atoms with van der Waals surface area (Å²) in [6, 6.07) is 7.02. The number of para-hydroxylation sites is 1. The number of ether oxygens (including phenoxy) is 1. The predicted octanol–water partition coefficient (Wildman–Crippen LogP) is 2.73. The van der Waals surface area contributed by atoms with Crippen LogP contribution in [0.2, 0.25) is 0 Å². The highest BCUT2D eigenvalue weighted by Crippen LogP contribution is 2.22. The Morgan fingerprint density at radius 1 is 1.15 bits per heavy atom. The molecule has 2 fully saturated rings. The Morgan fingerprint density at radius 3 is 2.41 bits per heavy atom. The van der Waals surface area contributed by atoms with E-state index in [1.54, 1.807) is 0 Å². The summed E-state index contributed by atoms with van der Waals surface area (Å²) >= 11 is 5.70. The first-order valence-electron chi connectivity index (χ1n) is 10.2. The molecule has 3 rings (SSSR count). The molecular formula is C21H34N4OS. The lowest BCUT2D eigenvalue weighted by molar-refractivity contribution is 0.0311. The third kappa shape index (κ3) is 5.64. The highest BCUT2D eigenvalue weighted by atomic mass is 32.1. The smallest absolute Gasteiger partial charge is 0.173 e. The first-order valence-corrected chi connectivity index (χ1v) is 10.6. The number of morpholine rings is 1. The normalized spacial score (nSPS) is 19.5. The summed E-state index contributed by atoms with van der Waals surface area (Å²) in [4.78, 5) is 7.38. The van der Waals surface area contributed by atoms with Crippen molar-refractivity contribution in [2.45, 2.75) is 32.7 Å². The molecule has 1 N–H and O–H groups in total. The number of nitrogens with one attached hydrogen (secondary N) is 1. The molecule has 5 nitrogen and oxygen atoms in total. The first kappa shape index (κ1) is 20.5. The van der Waals surface area contributed by atoms with Crippen LogP contribution in [0.15, 0.2) is 18.2 Å². The van der Waals surface area contributed by atoms with Gasteiger partial charge in [-0.05, 0) is 57.1 Å². The Bertz CT molecular complexity index is 604. The number of nitrogens with zero attached hydrogens (tertiary/aromatic N) is 3. The van der Waals surface area contributed by atoms with Gasteiger partial charge in [-0.1, -0.05) is 18.2 Å². The molecule has 0 unspecified atom stereocenters. The minimum absolute atomic E-state index is 0.658. The third-order valence-corrected chi connectivity index (χ3v) is 6.32. The van der Waals surface area contributed by atoms with Gasteiger partial charge < -0.3 is 19.9 Å². The van der Waals surface area contributed by atoms with Crippen molar-refractivity contribution >= 4 is 23.0 Å². The van der Waals surface area contributed by atoms with E-state index in [0.717, 1.165) is 63.3 Å². The maximum absolute atomic E-state index is 5.70. The quantitative estimate of drug-likeness (QED) is 0.778. The van der Waals surface area contributed by atoms with E-state index in [2.05, 4.69) is 59.1 Å². The summed E-state index contributed by atoms with van der Waals surface area (Å²) in [5, 5.41) is 4.35.